The fraction of sp³-hybridized carbons (Fsp3) is 0.0833. The van der Waals surface area contributed by atoms with Gasteiger partial charge in [0, 0.05) is 5.56 Å². The van der Waals surface area contributed by atoms with Crippen molar-refractivity contribution in [3.8, 4) is 22.8 Å². The lowest BCUT2D eigenvalue weighted by Gasteiger charge is -2.32. The molecule has 188 valence electrons. The van der Waals surface area contributed by atoms with Crippen molar-refractivity contribution in [1.82, 2.24) is 14.8 Å². The molecule has 0 aliphatic carbocycles. The average molecular weight is 530 g/mol. The van der Waals surface area contributed by atoms with Crippen LogP contribution in [0.4, 0.5) is 27.6 Å². The third-order valence-electron chi connectivity index (χ3n) is 5.11. The van der Waals surface area contributed by atoms with Crippen molar-refractivity contribution < 1.29 is 26.7 Å². The molecule has 4 aromatic rings. The van der Waals surface area contributed by atoms with E-state index in [2.05, 4.69) is 25.0 Å². The number of thioether (sulfide) groups is 1. The maximum Gasteiger partial charge on any atom is 0.573 e. The number of hydrogen-bond donors (Lipinski definition) is 0. The van der Waals surface area contributed by atoms with Crippen molar-refractivity contribution in [1.29, 1.82) is 0 Å². The zero-order valence-electron chi connectivity index (χ0n) is 18.6. The molecule has 7 nitrogen and oxygen atoms in total. The van der Waals surface area contributed by atoms with Crippen molar-refractivity contribution in [3.05, 3.63) is 90.3 Å². The molecule has 13 heteroatoms. The monoisotopic (exact) mass is 530 g/mol. The van der Waals surface area contributed by atoms with Crippen LogP contribution in [0, 0.1) is 11.6 Å². The first-order chi connectivity index (χ1) is 17.8. The Hall–Kier alpha value is -4.26. The van der Waals surface area contributed by atoms with E-state index in [1.165, 1.54) is 76.4 Å². The van der Waals surface area contributed by atoms with Crippen LogP contribution < -0.4 is 9.64 Å². The van der Waals surface area contributed by atoms with Gasteiger partial charge in [-0.3, -0.25) is 0 Å². The number of hydrogen-bond acceptors (Lipinski definition) is 6. The van der Waals surface area contributed by atoms with E-state index in [1.807, 2.05) is 0 Å². The number of benzene rings is 3. The summed E-state index contributed by atoms with van der Waals surface area (Å²) in [6, 6.07) is 16.0. The number of rotatable bonds is 6. The van der Waals surface area contributed by atoms with Gasteiger partial charge in [-0.25, -0.2) is 18.4 Å². The van der Waals surface area contributed by atoms with E-state index in [9.17, 15) is 22.0 Å². The summed E-state index contributed by atoms with van der Waals surface area (Å²) in [5.41, 5.74) is 1.78. The summed E-state index contributed by atoms with van der Waals surface area (Å²) in [6.45, 7) is 0. The first-order valence-corrected chi connectivity index (χ1v) is 11.6. The van der Waals surface area contributed by atoms with Crippen LogP contribution in [0.25, 0.3) is 17.1 Å². The SMILES string of the molecule is Fc1cccc(F)c1N1CS/C1=N/N=C\c1ccc(-c2ncn(-c3ccc(OC(F)(F)F)cc3)n2)cc1. The van der Waals surface area contributed by atoms with Gasteiger partial charge in [-0.05, 0) is 42.0 Å². The number of halogens is 5. The minimum Gasteiger partial charge on any atom is -0.406 e. The van der Waals surface area contributed by atoms with Gasteiger partial charge < -0.3 is 9.64 Å². The van der Waals surface area contributed by atoms with Crippen LogP contribution >= 0.6 is 11.8 Å². The van der Waals surface area contributed by atoms with Crippen LogP contribution in [-0.2, 0) is 0 Å². The first-order valence-electron chi connectivity index (χ1n) is 10.6. The summed E-state index contributed by atoms with van der Waals surface area (Å²) in [6.07, 6.45) is -1.81. The third-order valence-corrected chi connectivity index (χ3v) is 6.05. The number of aromatic nitrogens is 3. The predicted molar refractivity (Wildman–Crippen MR) is 130 cm³/mol. The van der Waals surface area contributed by atoms with E-state index in [-0.39, 0.29) is 11.4 Å². The maximum atomic E-state index is 14.0. The van der Waals surface area contributed by atoms with Crippen molar-refractivity contribution >= 4 is 28.8 Å². The van der Waals surface area contributed by atoms with Gasteiger partial charge in [0.05, 0.1) is 17.8 Å². The van der Waals surface area contributed by atoms with E-state index < -0.39 is 18.0 Å². The second-order valence-electron chi connectivity index (χ2n) is 7.58. The molecule has 0 unspecified atom stereocenters. The van der Waals surface area contributed by atoms with Gasteiger partial charge in [0.25, 0.3) is 0 Å². The Morgan fingerprint density at radius 2 is 1.65 bits per heavy atom. The molecule has 0 bridgehead atoms. The second kappa shape index (κ2) is 10.0. The third kappa shape index (κ3) is 5.61. The molecule has 1 aliphatic rings. The highest BCUT2D eigenvalue weighted by atomic mass is 32.2. The molecule has 1 aromatic heterocycles. The Balaban J connectivity index is 1.24. The van der Waals surface area contributed by atoms with Crippen LogP contribution in [0.1, 0.15) is 5.56 Å². The average Bonchev–Trinajstić information content (AvgIpc) is 3.33. The van der Waals surface area contributed by atoms with Gasteiger partial charge in [0.1, 0.15) is 29.4 Å². The molecule has 37 heavy (non-hydrogen) atoms. The topological polar surface area (TPSA) is 67.9 Å². The molecule has 0 N–H and O–H groups in total. The Kier molecular flexibility index (Phi) is 6.61. The number of anilines is 1. The molecular formula is C24H15F5N6OS. The molecular weight excluding hydrogens is 515 g/mol. The Bertz CT molecular complexity index is 1450. The van der Waals surface area contributed by atoms with Crippen LogP contribution in [0.3, 0.4) is 0 Å². The van der Waals surface area contributed by atoms with Gasteiger partial charge in [-0.15, -0.1) is 23.4 Å². The lowest BCUT2D eigenvalue weighted by atomic mass is 10.1. The molecule has 2 heterocycles. The lowest BCUT2D eigenvalue weighted by molar-refractivity contribution is -0.274. The van der Waals surface area contributed by atoms with Crippen molar-refractivity contribution in [2.75, 3.05) is 10.8 Å². The van der Waals surface area contributed by atoms with Crippen LogP contribution in [-0.4, -0.2) is 38.4 Å². The molecule has 1 saturated heterocycles. The summed E-state index contributed by atoms with van der Waals surface area (Å²) in [4.78, 5) is 5.66. The summed E-state index contributed by atoms with van der Waals surface area (Å²) >= 11 is 1.32. The van der Waals surface area contributed by atoms with Crippen molar-refractivity contribution in [2.45, 2.75) is 6.36 Å². The molecule has 0 atom stereocenters. The van der Waals surface area contributed by atoms with E-state index in [0.717, 1.165) is 5.56 Å². The Labute approximate surface area is 210 Å². The van der Waals surface area contributed by atoms with Crippen LogP contribution in [0.5, 0.6) is 5.75 Å². The molecule has 0 spiro atoms. The molecule has 0 amide bonds. The summed E-state index contributed by atoms with van der Waals surface area (Å²) in [7, 11) is 0. The highest BCUT2D eigenvalue weighted by Crippen LogP contribution is 2.34. The maximum absolute atomic E-state index is 14.0. The standard InChI is InChI=1S/C24H15F5N6OS/c25-19-2-1-3-20(26)21(19)34-14-37-23(34)32-31-12-15-4-6-16(7-5-15)22-30-13-35(33-22)17-8-10-18(11-9-17)36-24(27,28)29/h1-13H,14H2/b31-12-,32-23+. The van der Waals surface area contributed by atoms with Crippen molar-refractivity contribution in [2.24, 2.45) is 10.2 Å². The lowest BCUT2D eigenvalue weighted by Crippen LogP contribution is -2.39. The fourth-order valence-electron chi connectivity index (χ4n) is 3.36. The minimum atomic E-state index is -4.76. The number of para-hydroxylation sites is 1. The minimum absolute atomic E-state index is 0.155. The van der Waals surface area contributed by atoms with Gasteiger partial charge in [-0.1, -0.05) is 42.1 Å². The summed E-state index contributed by atoms with van der Waals surface area (Å²) in [5.74, 6) is -0.895. The summed E-state index contributed by atoms with van der Waals surface area (Å²) < 4.78 is 70.2. The number of amidine groups is 1. The summed E-state index contributed by atoms with van der Waals surface area (Å²) in [5, 5.41) is 12.8. The normalized spacial score (nSPS) is 14.8. The van der Waals surface area contributed by atoms with Crippen molar-refractivity contribution in [3.63, 3.8) is 0 Å². The van der Waals surface area contributed by atoms with Gasteiger partial charge in [0.2, 0.25) is 0 Å². The highest BCUT2D eigenvalue weighted by molar-refractivity contribution is 8.16. The molecule has 1 fully saturated rings. The predicted octanol–water partition coefficient (Wildman–Crippen LogP) is 6.01. The first kappa shape index (κ1) is 24.4. The number of alkyl halides is 3. The van der Waals surface area contributed by atoms with Gasteiger partial charge in [0.15, 0.2) is 11.0 Å². The number of nitrogens with zero attached hydrogens (tertiary/aromatic N) is 6. The molecule has 0 radical (unpaired) electrons. The molecule has 0 saturated carbocycles. The van der Waals surface area contributed by atoms with Gasteiger partial charge >= 0.3 is 6.36 Å². The fourth-order valence-corrected chi connectivity index (χ4v) is 4.06. The largest absolute Gasteiger partial charge is 0.573 e. The van der Waals surface area contributed by atoms with Crippen LogP contribution in [0.2, 0.25) is 0 Å². The zero-order chi connectivity index (χ0) is 26.0. The number of ether oxygens (including phenoxy) is 1. The van der Waals surface area contributed by atoms with Crippen LogP contribution in [0.15, 0.2) is 83.3 Å². The zero-order valence-corrected chi connectivity index (χ0v) is 19.4. The Morgan fingerprint density at radius 1 is 0.946 bits per heavy atom. The van der Waals surface area contributed by atoms with E-state index in [1.54, 1.807) is 24.3 Å². The smallest absolute Gasteiger partial charge is 0.406 e. The van der Waals surface area contributed by atoms with E-state index >= 15 is 0 Å². The second-order valence-corrected chi connectivity index (χ2v) is 8.49. The van der Waals surface area contributed by atoms with E-state index in [4.69, 9.17) is 0 Å². The molecule has 1 aliphatic heterocycles. The highest BCUT2D eigenvalue weighted by Gasteiger charge is 2.31. The van der Waals surface area contributed by atoms with Gasteiger partial charge in [-0.2, -0.15) is 5.10 Å². The molecule has 3 aromatic carbocycles. The van der Waals surface area contributed by atoms with E-state index in [0.29, 0.717) is 28.1 Å². The Morgan fingerprint density at radius 3 is 2.27 bits per heavy atom. The molecule has 5 rings (SSSR count). The quantitative estimate of drug-likeness (QED) is 0.174.